The Morgan fingerprint density at radius 1 is 1.00 bits per heavy atom. The second kappa shape index (κ2) is 9.46. The maximum Gasteiger partial charge on any atom is 0.232 e. The summed E-state index contributed by atoms with van der Waals surface area (Å²) in [6.07, 6.45) is 0.211. The van der Waals surface area contributed by atoms with Crippen LogP contribution in [-0.4, -0.2) is 23.2 Å². The minimum atomic E-state index is -0.281. The fraction of sp³-hybridized carbons (Fsp3) is 0.179. The summed E-state index contributed by atoms with van der Waals surface area (Å²) >= 11 is 0. The Bertz CT molecular complexity index is 1450. The summed E-state index contributed by atoms with van der Waals surface area (Å²) in [6, 6.07) is 22.9. The molecular formula is C28H25N3O4. The second-order valence-corrected chi connectivity index (χ2v) is 8.38. The van der Waals surface area contributed by atoms with Gasteiger partial charge in [-0.15, -0.1) is 0 Å². The number of benzene rings is 3. The number of methoxy groups -OCH3 is 1. The van der Waals surface area contributed by atoms with Gasteiger partial charge in [0.05, 0.1) is 25.3 Å². The number of aromatic nitrogens is 2. The minimum absolute atomic E-state index is 0.0940. The van der Waals surface area contributed by atoms with Crippen molar-refractivity contribution < 1.29 is 18.5 Å². The summed E-state index contributed by atoms with van der Waals surface area (Å²) in [5.74, 6) is 1.79. The molecule has 1 N–H and O–H groups in total. The number of hydrogen-bond acceptors (Lipinski definition) is 6. The zero-order chi connectivity index (χ0) is 24.4. The number of carbonyl (C=O) groups is 1. The quantitative estimate of drug-likeness (QED) is 0.337. The van der Waals surface area contributed by atoms with Gasteiger partial charge in [-0.25, -0.2) is 4.98 Å². The molecule has 0 spiro atoms. The molecular weight excluding hydrogens is 442 g/mol. The molecule has 5 aromatic rings. The van der Waals surface area contributed by atoms with Gasteiger partial charge in [0, 0.05) is 0 Å². The molecule has 1 unspecified atom stereocenters. The van der Waals surface area contributed by atoms with E-state index in [1.54, 1.807) is 7.11 Å². The summed E-state index contributed by atoms with van der Waals surface area (Å²) in [5.41, 5.74) is 5.62. The van der Waals surface area contributed by atoms with Crippen LogP contribution in [0.4, 0.5) is 0 Å². The van der Waals surface area contributed by atoms with Crippen molar-refractivity contribution in [2.45, 2.75) is 26.3 Å². The number of oxazole rings is 1. The van der Waals surface area contributed by atoms with Crippen LogP contribution in [0.25, 0.3) is 22.6 Å². The first-order valence-electron chi connectivity index (χ1n) is 11.3. The van der Waals surface area contributed by atoms with Gasteiger partial charge in [-0.1, -0.05) is 53.7 Å². The molecule has 3 aromatic carbocycles. The van der Waals surface area contributed by atoms with Crippen LogP contribution in [0.5, 0.6) is 5.75 Å². The zero-order valence-corrected chi connectivity index (χ0v) is 19.7. The van der Waals surface area contributed by atoms with Crippen molar-refractivity contribution in [3.8, 4) is 17.2 Å². The number of nitrogens with one attached hydrogen (secondary N) is 1. The predicted molar refractivity (Wildman–Crippen MR) is 132 cm³/mol. The van der Waals surface area contributed by atoms with Crippen LogP contribution in [-0.2, 0) is 11.2 Å². The minimum Gasteiger partial charge on any atom is -0.497 e. The third kappa shape index (κ3) is 4.66. The molecule has 1 amide bonds. The van der Waals surface area contributed by atoms with Crippen molar-refractivity contribution in [1.82, 2.24) is 15.5 Å². The van der Waals surface area contributed by atoms with Crippen LogP contribution in [0, 0.1) is 13.8 Å². The molecule has 1 atom stereocenters. The number of hydrogen-bond donors (Lipinski definition) is 1. The lowest BCUT2D eigenvalue weighted by atomic mass is 9.98. The van der Waals surface area contributed by atoms with E-state index in [9.17, 15) is 4.79 Å². The number of amides is 1. The first-order chi connectivity index (χ1) is 17.0. The second-order valence-electron chi connectivity index (χ2n) is 8.38. The van der Waals surface area contributed by atoms with E-state index in [-0.39, 0.29) is 18.4 Å². The number of rotatable bonds is 7. The van der Waals surface area contributed by atoms with Crippen molar-refractivity contribution in [2.75, 3.05) is 7.11 Å². The summed E-state index contributed by atoms with van der Waals surface area (Å²) in [6.45, 7) is 3.67. The highest BCUT2D eigenvalue weighted by atomic mass is 16.5. The monoisotopic (exact) mass is 467 g/mol. The van der Waals surface area contributed by atoms with Gasteiger partial charge in [0.15, 0.2) is 5.58 Å². The third-order valence-corrected chi connectivity index (χ3v) is 5.95. The maximum atomic E-state index is 13.1. The van der Waals surface area contributed by atoms with E-state index in [2.05, 4.69) is 15.5 Å². The van der Waals surface area contributed by atoms with Crippen LogP contribution >= 0.6 is 0 Å². The highest BCUT2D eigenvalue weighted by molar-refractivity contribution is 5.82. The number of carbonyl (C=O) groups excluding carboxylic acids is 1. The molecule has 7 heteroatoms. The molecule has 0 fully saturated rings. The molecule has 0 bridgehead atoms. The van der Waals surface area contributed by atoms with E-state index < -0.39 is 0 Å². The summed E-state index contributed by atoms with van der Waals surface area (Å²) in [4.78, 5) is 17.7. The highest BCUT2D eigenvalue weighted by Gasteiger charge is 2.20. The Morgan fingerprint density at radius 2 is 1.74 bits per heavy atom. The molecule has 0 aliphatic rings. The number of fused-ring (bicyclic) bond motifs is 1. The average molecular weight is 468 g/mol. The van der Waals surface area contributed by atoms with Crippen LogP contribution in [0.1, 0.15) is 34.2 Å². The van der Waals surface area contributed by atoms with Crippen molar-refractivity contribution in [2.24, 2.45) is 0 Å². The Hall–Kier alpha value is -4.39. The van der Waals surface area contributed by atoms with Crippen LogP contribution < -0.4 is 10.1 Å². The molecule has 0 saturated heterocycles. The summed E-state index contributed by atoms with van der Waals surface area (Å²) in [7, 11) is 1.63. The Kier molecular flexibility index (Phi) is 6.06. The van der Waals surface area contributed by atoms with Gasteiger partial charge in [-0.05, 0) is 54.8 Å². The first-order valence-corrected chi connectivity index (χ1v) is 11.3. The van der Waals surface area contributed by atoms with Crippen molar-refractivity contribution in [3.05, 3.63) is 101 Å². The van der Waals surface area contributed by atoms with Gasteiger partial charge in [-0.2, -0.15) is 0 Å². The Labute approximate surface area is 202 Å². The zero-order valence-electron chi connectivity index (χ0n) is 19.7. The number of ether oxygens (including phenoxy) is 1. The Balaban J connectivity index is 1.37. The largest absolute Gasteiger partial charge is 0.497 e. The van der Waals surface area contributed by atoms with Crippen LogP contribution in [0.2, 0.25) is 0 Å². The van der Waals surface area contributed by atoms with Gasteiger partial charge >= 0.3 is 0 Å². The molecule has 7 nitrogen and oxygen atoms in total. The van der Waals surface area contributed by atoms with Crippen molar-refractivity contribution in [3.63, 3.8) is 0 Å². The lowest BCUT2D eigenvalue weighted by Gasteiger charge is -2.20. The topological polar surface area (TPSA) is 90.4 Å². The number of aryl methyl sites for hydroxylation is 2. The van der Waals surface area contributed by atoms with E-state index in [4.69, 9.17) is 13.7 Å². The SMILES string of the molecule is COc1ccc(C(NC(=O)Cc2ccc3oc(-c4c(C)noc4C)nc3c2)c2ccccc2)cc1. The van der Waals surface area contributed by atoms with Crippen LogP contribution in [0.3, 0.4) is 0 Å². The van der Waals surface area contributed by atoms with E-state index in [1.807, 2.05) is 86.6 Å². The van der Waals surface area contributed by atoms with Crippen molar-refractivity contribution >= 4 is 17.0 Å². The van der Waals surface area contributed by atoms with E-state index >= 15 is 0 Å². The Morgan fingerprint density at radius 3 is 2.43 bits per heavy atom. The smallest absolute Gasteiger partial charge is 0.232 e. The number of nitrogens with zero attached hydrogens (tertiary/aromatic N) is 2. The van der Waals surface area contributed by atoms with E-state index in [0.29, 0.717) is 22.8 Å². The normalized spacial score (nSPS) is 12.0. The molecule has 0 radical (unpaired) electrons. The maximum absolute atomic E-state index is 13.1. The molecule has 35 heavy (non-hydrogen) atoms. The van der Waals surface area contributed by atoms with Crippen molar-refractivity contribution in [1.29, 1.82) is 0 Å². The summed E-state index contributed by atoms with van der Waals surface area (Å²) in [5, 5.41) is 7.15. The molecule has 0 saturated carbocycles. The molecule has 2 aromatic heterocycles. The molecule has 176 valence electrons. The average Bonchev–Trinajstić information content (AvgIpc) is 3.44. The third-order valence-electron chi connectivity index (χ3n) is 5.95. The lowest BCUT2D eigenvalue weighted by molar-refractivity contribution is -0.120. The fourth-order valence-corrected chi connectivity index (χ4v) is 4.18. The summed E-state index contributed by atoms with van der Waals surface area (Å²) < 4.78 is 16.4. The van der Waals surface area contributed by atoms with Gasteiger partial charge in [0.25, 0.3) is 0 Å². The van der Waals surface area contributed by atoms with Crippen LogP contribution in [0.15, 0.2) is 81.7 Å². The van der Waals surface area contributed by atoms with E-state index in [1.165, 1.54) is 0 Å². The molecule has 0 aliphatic carbocycles. The van der Waals surface area contributed by atoms with Gasteiger partial charge in [-0.3, -0.25) is 4.79 Å². The molecule has 2 heterocycles. The van der Waals surface area contributed by atoms with Gasteiger partial charge in [0.2, 0.25) is 11.8 Å². The van der Waals surface area contributed by atoms with Gasteiger partial charge in [0.1, 0.15) is 22.6 Å². The standard InChI is InChI=1S/C28H25N3O4/c1-17-26(18(2)35-31-17)28-29-23-15-19(9-14-24(23)34-28)16-25(32)30-27(20-7-5-4-6-8-20)21-10-12-22(33-3)13-11-21/h4-15,27H,16H2,1-3H3,(H,30,32). The van der Waals surface area contributed by atoms with E-state index in [0.717, 1.165) is 33.7 Å². The fourth-order valence-electron chi connectivity index (χ4n) is 4.18. The molecule has 0 aliphatic heterocycles. The highest BCUT2D eigenvalue weighted by Crippen LogP contribution is 2.30. The first kappa shape index (κ1) is 22.4. The molecule has 5 rings (SSSR count). The lowest BCUT2D eigenvalue weighted by Crippen LogP contribution is -2.30. The van der Waals surface area contributed by atoms with Gasteiger partial charge < -0.3 is 19.0 Å². The predicted octanol–water partition coefficient (Wildman–Crippen LogP) is 5.56.